The minimum Gasteiger partial charge on any atom is -0.326 e. The van der Waals surface area contributed by atoms with Gasteiger partial charge in [0.2, 0.25) is 0 Å². The molecule has 4 atom stereocenters. The fourth-order valence-corrected chi connectivity index (χ4v) is 3.84. The second kappa shape index (κ2) is 7.24. The van der Waals surface area contributed by atoms with Crippen LogP contribution in [0.15, 0.2) is 0 Å². The first-order chi connectivity index (χ1) is 9.16. The van der Waals surface area contributed by atoms with Crippen molar-refractivity contribution in [1.82, 2.24) is 9.80 Å². The summed E-state index contributed by atoms with van der Waals surface area (Å²) in [4.78, 5) is 4.92. The number of likely N-dealkylation sites (N-methyl/N-ethyl adjacent to an activating group) is 2. The Bertz CT molecular complexity index is 282. The molecule has 3 nitrogen and oxygen atoms in total. The molecule has 0 aromatic rings. The van der Waals surface area contributed by atoms with E-state index in [4.69, 9.17) is 5.73 Å². The minimum absolute atomic E-state index is 0.346. The molecule has 1 rings (SSSR count). The number of rotatable bonds is 5. The highest BCUT2D eigenvalue weighted by atomic mass is 15.2. The molecule has 0 saturated heterocycles. The van der Waals surface area contributed by atoms with Gasteiger partial charge in [0.1, 0.15) is 0 Å². The van der Waals surface area contributed by atoms with Crippen molar-refractivity contribution in [2.45, 2.75) is 72.0 Å². The predicted octanol–water partition coefficient (Wildman–Crippen LogP) is 2.80. The Morgan fingerprint density at radius 2 is 1.80 bits per heavy atom. The SMILES string of the molecule is CCN(C(C)CN(C)C)C1CC(C(C)(C)C)CCC1N. The van der Waals surface area contributed by atoms with Crippen molar-refractivity contribution in [3.8, 4) is 0 Å². The van der Waals surface area contributed by atoms with Crippen molar-refractivity contribution >= 4 is 0 Å². The molecular weight excluding hydrogens is 246 g/mol. The van der Waals surface area contributed by atoms with Crippen LogP contribution in [0.5, 0.6) is 0 Å². The van der Waals surface area contributed by atoms with Crippen LogP contribution in [0, 0.1) is 11.3 Å². The Balaban J connectivity index is 2.78. The molecule has 0 radical (unpaired) electrons. The molecule has 0 aromatic carbocycles. The Labute approximate surface area is 126 Å². The molecule has 1 saturated carbocycles. The van der Waals surface area contributed by atoms with E-state index in [1.54, 1.807) is 0 Å². The van der Waals surface area contributed by atoms with E-state index >= 15 is 0 Å². The molecule has 0 heterocycles. The smallest absolute Gasteiger partial charge is 0.0253 e. The topological polar surface area (TPSA) is 32.5 Å². The third-order valence-electron chi connectivity index (χ3n) is 5.08. The quantitative estimate of drug-likeness (QED) is 0.842. The zero-order valence-corrected chi connectivity index (χ0v) is 14.8. The van der Waals surface area contributed by atoms with Crippen molar-refractivity contribution in [2.24, 2.45) is 17.1 Å². The van der Waals surface area contributed by atoms with Gasteiger partial charge in [-0.05, 0) is 58.2 Å². The summed E-state index contributed by atoms with van der Waals surface area (Å²) >= 11 is 0. The van der Waals surface area contributed by atoms with Crippen LogP contribution in [0.3, 0.4) is 0 Å². The summed E-state index contributed by atoms with van der Waals surface area (Å²) in [5, 5.41) is 0. The maximum absolute atomic E-state index is 6.47. The van der Waals surface area contributed by atoms with Crippen LogP contribution in [-0.4, -0.2) is 55.1 Å². The number of nitrogens with two attached hydrogens (primary N) is 1. The van der Waals surface area contributed by atoms with Crippen LogP contribution in [0.1, 0.15) is 53.9 Å². The summed E-state index contributed by atoms with van der Waals surface area (Å²) < 4.78 is 0. The first kappa shape index (κ1) is 17.9. The number of nitrogens with zero attached hydrogens (tertiary/aromatic N) is 2. The van der Waals surface area contributed by atoms with Crippen molar-refractivity contribution in [1.29, 1.82) is 0 Å². The largest absolute Gasteiger partial charge is 0.326 e. The normalized spacial score (nSPS) is 30.0. The van der Waals surface area contributed by atoms with Gasteiger partial charge in [-0.3, -0.25) is 4.90 Å². The van der Waals surface area contributed by atoms with Gasteiger partial charge in [-0.25, -0.2) is 0 Å². The van der Waals surface area contributed by atoms with E-state index in [2.05, 4.69) is 58.5 Å². The van der Waals surface area contributed by atoms with Crippen LogP contribution in [0.2, 0.25) is 0 Å². The van der Waals surface area contributed by atoms with Gasteiger partial charge in [-0.1, -0.05) is 27.7 Å². The van der Waals surface area contributed by atoms with E-state index in [-0.39, 0.29) is 0 Å². The lowest BCUT2D eigenvalue weighted by Gasteiger charge is -2.47. The van der Waals surface area contributed by atoms with Crippen LogP contribution >= 0.6 is 0 Å². The summed E-state index contributed by atoms with van der Waals surface area (Å²) in [6.07, 6.45) is 3.73. The van der Waals surface area contributed by atoms with Crippen LogP contribution in [-0.2, 0) is 0 Å². The zero-order valence-electron chi connectivity index (χ0n) is 14.8. The molecule has 0 amide bonds. The Kier molecular flexibility index (Phi) is 6.49. The molecule has 3 heteroatoms. The number of hydrogen-bond acceptors (Lipinski definition) is 3. The first-order valence-corrected chi connectivity index (χ1v) is 8.32. The zero-order chi connectivity index (χ0) is 15.5. The van der Waals surface area contributed by atoms with Gasteiger partial charge >= 0.3 is 0 Å². The number of hydrogen-bond donors (Lipinski definition) is 1. The molecule has 20 heavy (non-hydrogen) atoms. The lowest BCUT2D eigenvalue weighted by Crippen LogP contribution is -2.56. The van der Waals surface area contributed by atoms with Crippen LogP contribution < -0.4 is 5.73 Å². The average molecular weight is 284 g/mol. The summed E-state index contributed by atoms with van der Waals surface area (Å²) in [5.74, 6) is 0.799. The molecule has 0 bridgehead atoms. The Morgan fingerprint density at radius 1 is 1.20 bits per heavy atom. The van der Waals surface area contributed by atoms with E-state index in [1.807, 2.05) is 0 Å². The summed E-state index contributed by atoms with van der Waals surface area (Å²) in [7, 11) is 4.31. The standard InChI is InChI=1S/C17H37N3/c1-8-20(13(2)12-19(6)7)16-11-14(17(3,4)5)9-10-15(16)18/h13-16H,8-12,18H2,1-7H3. The van der Waals surface area contributed by atoms with Crippen molar-refractivity contribution in [3.05, 3.63) is 0 Å². The van der Waals surface area contributed by atoms with Crippen LogP contribution in [0.25, 0.3) is 0 Å². The van der Waals surface area contributed by atoms with E-state index < -0.39 is 0 Å². The Hall–Kier alpha value is -0.120. The molecule has 4 unspecified atom stereocenters. The summed E-state index contributed by atoms with van der Waals surface area (Å²) in [5.41, 5.74) is 6.88. The molecule has 1 aliphatic rings. The fourth-order valence-electron chi connectivity index (χ4n) is 3.84. The highest BCUT2D eigenvalue weighted by molar-refractivity contribution is 4.94. The molecule has 1 aliphatic carbocycles. The van der Waals surface area contributed by atoms with E-state index in [9.17, 15) is 0 Å². The van der Waals surface area contributed by atoms with Gasteiger partial charge < -0.3 is 10.6 Å². The highest BCUT2D eigenvalue weighted by Crippen LogP contribution is 2.39. The third kappa shape index (κ3) is 4.71. The highest BCUT2D eigenvalue weighted by Gasteiger charge is 2.37. The van der Waals surface area contributed by atoms with E-state index in [0.717, 1.165) is 19.0 Å². The lowest BCUT2D eigenvalue weighted by atomic mass is 9.69. The van der Waals surface area contributed by atoms with Crippen LogP contribution in [0.4, 0.5) is 0 Å². The molecule has 120 valence electrons. The minimum atomic E-state index is 0.346. The van der Waals surface area contributed by atoms with Crippen molar-refractivity contribution in [2.75, 3.05) is 27.2 Å². The van der Waals surface area contributed by atoms with Gasteiger partial charge in [-0.15, -0.1) is 0 Å². The maximum atomic E-state index is 6.47. The molecular formula is C17H37N3. The lowest BCUT2D eigenvalue weighted by molar-refractivity contribution is 0.0430. The average Bonchev–Trinajstić information content (AvgIpc) is 2.29. The Morgan fingerprint density at radius 3 is 2.25 bits per heavy atom. The summed E-state index contributed by atoms with van der Waals surface area (Å²) in [6, 6.07) is 1.47. The molecule has 2 N–H and O–H groups in total. The van der Waals surface area contributed by atoms with E-state index in [1.165, 1.54) is 19.3 Å². The second-order valence-corrected chi connectivity index (χ2v) is 8.05. The maximum Gasteiger partial charge on any atom is 0.0253 e. The van der Waals surface area contributed by atoms with Gasteiger partial charge in [-0.2, -0.15) is 0 Å². The van der Waals surface area contributed by atoms with Gasteiger partial charge in [0, 0.05) is 24.7 Å². The monoisotopic (exact) mass is 283 g/mol. The van der Waals surface area contributed by atoms with Gasteiger partial charge in [0.15, 0.2) is 0 Å². The second-order valence-electron chi connectivity index (χ2n) is 8.05. The van der Waals surface area contributed by atoms with Gasteiger partial charge in [0.05, 0.1) is 0 Å². The molecule has 0 aliphatic heterocycles. The first-order valence-electron chi connectivity index (χ1n) is 8.32. The van der Waals surface area contributed by atoms with Gasteiger partial charge in [0.25, 0.3) is 0 Å². The van der Waals surface area contributed by atoms with Crippen molar-refractivity contribution < 1.29 is 0 Å². The predicted molar refractivity (Wildman–Crippen MR) is 89.0 cm³/mol. The molecule has 0 spiro atoms. The third-order valence-corrected chi connectivity index (χ3v) is 5.08. The fraction of sp³-hybridized carbons (Fsp3) is 1.00. The van der Waals surface area contributed by atoms with Crippen molar-refractivity contribution in [3.63, 3.8) is 0 Å². The summed E-state index contributed by atoms with van der Waals surface area (Å²) in [6.45, 7) is 14.0. The van der Waals surface area contributed by atoms with E-state index in [0.29, 0.717) is 23.5 Å². The molecule has 1 fully saturated rings. The molecule has 0 aromatic heterocycles.